The summed E-state index contributed by atoms with van der Waals surface area (Å²) >= 11 is 0. The largest absolute Gasteiger partial charge is 0.481 e. The van der Waals surface area contributed by atoms with E-state index in [9.17, 15) is 14.7 Å². The number of hydrogen-bond donors (Lipinski definition) is 1. The second-order valence-corrected chi connectivity index (χ2v) is 5.21. The average Bonchev–Trinajstić information content (AvgIpc) is 2.38. The molecule has 1 aromatic rings. The standard InChI is InChI=1S/C14H20N2O3/c1-10(2)14(3,13(18)19)9-12(17)16(4)11-5-7-15-8-6-11/h5-8,10H,9H2,1-4H3,(H,18,19). The van der Waals surface area contributed by atoms with E-state index >= 15 is 0 Å². The van der Waals surface area contributed by atoms with Gasteiger partial charge in [-0.05, 0) is 25.0 Å². The quantitative estimate of drug-likeness (QED) is 0.885. The van der Waals surface area contributed by atoms with Crippen molar-refractivity contribution in [1.82, 2.24) is 4.98 Å². The van der Waals surface area contributed by atoms with Gasteiger partial charge < -0.3 is 10.0 Å². The third kappa shape index (κ3) is 3.30. The van der Waals surface area contributed by atoms with E-state index in [2.05, 4.69) is 4.98 Å². The predicted molar refractivity (Wildman–Crippen MR) is 72.8 cm³/mol. The van der Waals surface area contributed by atoms with Crippen molar-refractivity contribution in [2.45, 2.75) is 27.2 Å². The molecule has 104 valence electrons. The molecular formula is C14H20N2O3. The molecule has 1 N–H and O–H groups in total. The summed E-state index contributed by atoms with van der Waals surface area (Å²) in [6, 6.07) is 3.43. The molecule has 1 amide bonds. The minimum absolute atomic E-state index is 0.0289. The van der Waals surface area contributed by atoms with Crippen LogP contribution in [0.5, 0.6) is 0 Å². The van der Waals surface area contributed by atoms with Gasteiger partial charge in [-0.2, -0.15) is 0 Å². The van der Waals surface area contributed by atoms with Crippen LogP contribution in [0.1, 0.15) is 27.2 Å². The molecule has 0 aliphatic heterocycles. The lowest BCUT2D eigenvalue weighted by Crippen LogP contribution is -2.39. The van der Waals surface area contributed by atoms with Gasteiger partial charge in [0.15, 0.2) is 0 Å². The maximum Gasteiger partial charge on any atom is 0.310 e. The van der Waals surface area contributed by atoms with Gasteiger partial charge in [0.2, 0.25) is 5.91 Å². The number of amides is 1. The molecule has 19 heavy (non-hydrogen) atoms. The number of rotatable bonds is 5. The Morgan fingerprint density at radius 3 is 2.32 bits per heavy atom. The van der Waals surface area contributed by atoms with Crippen molar-refractivity contribution in [2.75, 3.05) is 11.9 Å². The van der Waals surface area contributed by atoms with Crippen molar-refractivity contribution in [3.05, 3.63) is 24.5 Å². The van der Waals surface area contributed by atoms with Gasteiger partial charge in [-0.3, -0.25) is 14.6 Å². The maximum atomic E-state index is 12.2. The van der Waals surface area contributed by atoms with E-state index in [0.29, 0.717) is 5.69 Å². The Morgan fingerprint density at radius 1 is 1.37 bits per heavy atom. The first kappa shape index (κ1) is 15.1. The molecular weight excluding hydrogens is 244 g/mol. The summed E-state index contributed by atoms with van der Waals surface area (Å²) in [5, 5.41) is 9.32. The number of carbonyl (C=O) groups is 2. The number of anilines is 1. The number of pyridine rings is 1. The molecule has 5 heteroatoms. The van der Waals surface area contributed by atoms with Crippen LogP contribution in [0, 0.1) is 11.3 Å². The van der Waals surface area contributed by atoms with Crippen LogP contribution in [-0.2, 0) is 9.59 Å². The van der Waals surface area contributed by atoms with Gasteiger partial charge in [-0.15, -0.1) is 0 Å². The Morgan fingerprint density at radius 2 is 1.89 bits per heavy atom. The Balaban J connectivity index is 2.87. The van der Waals surface area contributed by atoms with Crippen LogP contribution in [0.2, 0.25) is 0 Å². The molecule has 0 saturated carbocycles. The first-order chi connectivity index (χ1) is 8.79. The topological polar surface area (TPSA) is 70.5 Å². The lowest BCUT2D eigenvalue weighted by molar-refractivity contribution is -0.153. The van der Waals surface area contributed by atoms with Crippen molar-refractivity contribution in [3.63, 3.8) is 0 Å². The minimum Gasteiger partial charge on any atom is -0.481 e. The van der Waals surface area contributed by atoms with Crippen LogP contribution in [0.4, 0.5) is 5.69 Å². The van der Waals surface area contributed by atoms with Crippen molar-refractivity contribution >= 4 is 17.6 Å². The van der Waals surface area contributed by atoms with Crippen molar-refractivity contribution < 1.29 is 14.7 Å². The van der Waals surface area contributed by atoms with E-state index in [1.165, 1.54) is 4.90 Å². The summed E-state index contributed by atoms with van der Waals surface area (Å²) in [7, 11) is 1.64. The van der Waals surface area contributed by atoms with E-state index in [0.717, 1.165) is 0 Å². The van der Waals surface area contributed by atoms with Gasteiger partial charge in [0, 0.05) is 31.5 Å². The van der Waals surface area contributed by atoms with E-state index in [-0.39, 0.29) is 18.2 Å². The molecule has 0 spiro atoms. The number of nitrogens with zero attached hydrogens (tertiary/aromatic N) is 2. The Kier molecular flexibility index (Phi) is 4.64. The van der Waals surface area contributed by atoms with Gasteiger partial charge in [-0.25, -0.2) is 0 Å². The highest BCUT2D eigenvalue weighted by Gasteiger charge is 2.39. The second kappa shape index (κ2) is 5.82. The summed E-state index contributed by atoms with van der Waals surface area (Å²) in [5.41, 5.74) is -0.352. The molecule has 0 aliphatic carbocycles. The highest BCUT2D eigenvalue weighted by atomic mass is 16.4. The van der Waals surface area contributed by atoms with Gasteiger partial charge in [0.05, 0.1) is 5.41 Å². The third-order valence-corrected chi connectivity index (χ3v) is 3.71. The molecule has 5 nitrogen and oxygen atoms in total. The molecule has 0 fully saturated rings. The lowest BCUT2D eigenvalue weighted by atomic mass is 9.76. The van der Waals surface area contributed by atoms with Crippen molar-refractivity contribution in [3.8, 4) is 0 Å². The Hall–Kier alpha value is -1.91. The summed E-state index contributed by atoms with van der Waals surface area (Å²) in [6.45, 7) is 5.24. The van der Waals surface area contributed by atoms with Crippen molar-refractivity contribution in [1.29, 1.82) is 0 Å². The second-order valence-electron chi connectivity index (χ2n) is 5.21. The molecule has 1 rings (SSSR count). The third-order valence-electron chi connectivity index (χ3n) is 3.71. The Bertz CT molecular complexity index is 459. The van der Waals surface area contributed by atoms with Gasteiger partial charge in [0.25, 0.3) is 0 Å². The number of carboxylic acid groups (broad SMARTS) is 1. The monoisotopic (exact) mass is 264 g/mol. The average molecular weight is 264 g/mol. The maximum absolute atomic E-state index is 12.2. The van der Waals surface area contributed by atoms with Crippen LogP contribution < -0.4 is 4.90 Å². The van der Waals surface area contributed by atoms with Gasteiger partial charge in [0.1, 0.15) is 0 Å². The van der Waals surface area contributed by atoms with Crippen LogP contribution in [0.3, 0.4) is 0 Å². The van der Waals surface area contributed by atoms with Gasteiger partial charge >= 0.3 is 5.97 Å². The van der Waals surface area contributed by atoms with Crippen LogP contribution in [-0.4, -0.2) is 29.0 Å². The fourth-order valence-electron chi connectivity index (χ4n) is 1.67. The molecule has 1 heterocycles. The minimum atomic E-state index is -1.06. The van der Waals surface area contributed by atoms with E-state index in [1.807, 2.05) is 13.8 Å². The van der Waals surface area contributed by atoms with Crippen molar-refractivity contribution in [2.24, 2.45) is 11.3 Å². The molecule has 0 bridgehead atoms. The van der Waals surface area contributed by atoms with Gasteiger partial charge in [-0.1, -0.05) is 13.8 Å². The molecule has 1 unspecified atom stereocenters. The number of aliphatic carboxylic acids is 1. The summed E-state index contributed by atoms with van der Waals surface area (Å²) in [5.74, 6) is -1.29. The SMILES string of the molecule is CC(C)C(C)(CC(=O)N(C)c1ccncc1)C(=O)O. The molecule has 0 radical (unpaired) electrons. The van der Waals surface area contributed by atoms with E-state index in [1.54, 1.807) is 38.5 Å². The summed E-state index contributed by atoms with van der Waals surface area (Å²) < 4.78 is 0. The zero-order valence-electron chi connectivity index (χ0n) is 11.8. The fourth-order valence-corrected chi connectivity index (χ4v) is 1.67. The first-order valence-corrected chi connectivity index (χ1v) is 6.19. The number of aromatic nitrogens is 1. The smallest absolute Gasteiger partial charge is 0.310 e. The number of carboxylic acids is 1. The van der Waals surface area contributed by atoms with Crippen LogP contribution in [0.15, 0.2) is 24.5 Å². The molecule has 1 atom stereocenters. The molecule has 1 aromatic heterocycles. The highest BCUT2D eigenvalue weighted by Crippen LogP contribution is 2.32. The molecule has 0 aliphatic rings. The van der Waals surface area contributed by atoms with Crippen LogP contribution in [0.25, 0.3) is 0 Å². The number of hydrogen-bond acceptors (Lipinski definition) is 3. The first-order valence-electron chi connectivity index (χ1n) is 6.19. The fraction of sp³-hybridized carbons (Fsp3) is 0.500. The Labute approximate surface area is 113 Å². The highest BCUT2D eigenvalue weighted by molar-refractivity contribution is 5.95. The molecule has 0 aromatic carbocycles. The summed E-state index contributed by atoms with van der Waals surface area (Å²) in [6.07, 6.45) is 3.16. The lowest BCUT2D eigenvalue weighted by Gasteiger charge is -2.30. The zero-order chi connectivity index (χ0) is 14.6. The zero-order valence-corrected chi connectivity index (χ0v) is 11.8. The van der Waals surface area contributed by atoms with Crippen LogP contribution >= 0.6 is 0 Å². The summed E-state index contributed by atoms with van der Waals surface area (Å²) in [4.78, 5) is 28.9. The van der Waals surface area contributed by atoms with E-state index in [4.69, 9.17) is 0 Å². The predicted octanol–water partition coefficient (Wildman–Crippen LogP) is 2.18. The van der Waals surface area contributed by atoms with E-state index < -0.39 is 11.4 Å². The number of carbonyl (C=O) groups excluding carboxylic acids is 1. The normalized spacial score (nSPS) is 13.9. The molecule has 0 saturated heterocycles.